The number of hydrogen-bond acceptors (Lipinski definition) is 5. The minimum Gasteiger partial charge on any atom is -0.393 e. The number of hydrogen-bond donors (Lipinski definition) is 3. The number of carbonyl (C=O) groups excluding carboxylic acids is 1. The van der Waals surface area contributed by atoms with Crippen LogP contribution in [-0.2, 0) is 4.79 Å². The SMILES string of the molecule is CC1C(O)CCCC1C(=O)N[C@@H](CSc1ccccc1)[C@H](O)CN1CCC2CCCCC2C1. The van der Waals surface area contributed by atoms with Gasteiger partial charge in [-0.3, -0.25) is 4.79 Å². The molecule has 1 saturated heterocycles. The first-order valence-electron chi connectivity index (χ1n) is 13.1. The van der Waals surface area contributed by atoms with Gasteiger partial charge in [0.2, 0.25) is 5.91 Å². The molecule has 1 aliphatic heterocycles. The summed E-state index contributed by atoms with van der Waals surface area (Å²) < 4.78 is 0. The number of piperidine rings is 1. The van der Waals surface area contributed by atoms with Gasteiger partial charge in [-0.15, -0.1) is 11.8 Å². The minimum absolute atomic E-state index is 0.00931. The molecule has 184 valence electrons. The summed E-state index contributed by atoms with van der Waals surface area (Å²) in [5, 5.41) is 24.8. The number of carbonyl (C=O) groups is 1. The summed E-state index contributed by atoms with van der Waals surface area (Å²) in [6, 6.07) is 9.88. The minimum atomic E-state index is -0.603. The van der Waals surface area contributed by atoms with Crippen molar-refractivity contribution in [2.45, 2.75) is 81.4 Å². The van der Waals surface area contributed by atoms with Crippen LogP contribution in [0.15, 0.2) is 35.2 Å². The van der Waals surface area contributed by atoms with E-state index in [1.54, 1.807) is 11.8 Å². The summed E-state index contributed by atoms with van der Waals surface area (Å²) in [4.78, 5) is 16.8. The first-order valence-corrected chi connectivity index (χ1v) is 14.1. The molecular weight excluding hydrogens is 432 g/mol. The van der Waals surface area contributed by atoms with E-state index in [2.05, 4.69) is 22.3 Å². The number of nitrogens with zero attached hydrogens (tertiary/aromatic N) is 1. The molecule has 1 heterocycles. The number of amides is 1. The highest BCUT2D eigenvalue weighted by Gasteiger charge is 2.36. The van der Waals surface area contributed by atoms with Gasteiger partial charge in [-0.1, -0.05) is 50.8 Å². The van der Waals surface area contributed by atoms with Gasteiger partial charge in [0, 0.05) is 29.7 Å². The Kier molecular flexibility index (Phi) is 9.14. The van der Waals surface area contributed by atoms with Crippen molar-refractivity contribution in [1.82, 2.24) is 10.2 Å². The van der Waals surface area contributed by atoms with Crippen molar-refractivity contribution in [1.29, 1.82) is 0 Å². The fourth-order valence-electron chi connectivity index (χ4n) is 6.19. The van der Waals surface area contributed by atoms with Crippen LogP contribution < -0.4 is 5.32 Å². The molecule has 3 fully saturated rings. The van der Waals surface area contributed by atoms with Gasteiger partial charge >= 0.3 is 0 Å². The lowest BCUT2D eigenvalue weighted by Gasteiger charge is -2.42. The second kappa shape index (κ2) is 12.1. The Hall–Kier alpha value is -1.08. The molecule has 1 aromatic rings. The molecule has 5 unspecified atom stereocenters. The van der Waals surface area contributed by atoms with Crippen LogP contribution in [0.4, 0.5) is 0 Å². The monoisotopic (exact) mass is 474 g/mol. The molecule has 5 nitrogen and oxygen atoms in total. The van der Waals surface area contributed by atoms with E-state index in [-0.39, 0.29) is 23.8 Å². The van der Waals surface area contributed by atoms with E-state index in [0.717, 1.165) is 49.1 Å². The smallest absolute Gasteiger partial charge is 0.223 e. The van der Waals surface area contributed by atoms with E-state index in [0.29, 0.717) is 12.3 Å². The Bertz CT molecular complexity index is 748. The fraction of sp³-hybridized carbons (Fsp3) is 0.741. The zero-order valence-electron chi connectivity index (χ0n) is 20.1. The summed E-state index contributed by atoms with van der Waals surface area (Å²) in [6.45, 7) is 4.73. The van der Waals surface area contributed by atoms with Crippen molar-refractivity contribution >= 4 is 17.7 Å². The molecule has 3 aliphatic rings. The maximum atomic E-state index is 13.2. The summed E-state index contributed by atoms with van der Waals surface area (Å²) >= 11 is 1.68. The van der Waals surface area contributed by atoms with Gasteiger partial charge in [0.25, 0.3) is 0 Å². The van der Waals surface area contributed by atoms with Crippen LogP contribution in [0.5, 0.6) is 0 Å². The number of rotatable bonds is 8. The predicted molar refractivity (Wildman–Crippen MR) is 134 cm³/mol. The normalized spacial score (nSPS) is 32.5. The first-order chi connectivity index (χ1) is 16.0. The number of aliphatic hydroxyl groups is 2. The van der Waals surface area contributed by atoms with Crippen molar-refractivity contribution < 1.29 is 15.0 Å². The third-order valence-electron chi connectivity index (χ3n) is 8.38. The summed E-state index contributed by atoms with van der Waals surface area (Å²) in [7, 11) is 0. The van der Waals surface area contributed by atoms with Gasteiger partial charge in [0.1, 0.15) is 0 Å². The van der Waals surface area contributed by atoms with Crippen molar-refractivity contribution in [3.8, 4) is 0 Å². The van der Waals surface area contributed by atoms with Gasteiger partial charge in [-0.2, -0.15) is 0 Å². The highest BCUT2D eigenvalue weighted by molar-refractivity contribution is 7.99. The molecule has 1 aromatic carbocycles. The molecule has 0 spiro atoms. The van der Waals surface area contributed by atoms with E-state index in [9.17, 15) is 15.0 Å². The number of likely N-dealkylation sites (tertiary alicyclic amines) is 1. The van der Waals surface area contributed by atoms with E-state index < -0.39 is 12.2 Å². The van der Waals surface area contributed by atoms with Crippen LogP contribution in [-0.4, -0.2) is 64.7 Å². The van der Waals surface area contributed by atoms with Crippen LogP contribution in [0.1, 0.15) is 58.3 Å². The lowest BCUT2D eigenvalue weighted by atomic mass is 9.75. The average molecular weight is 475 g/mol. The molecule has 0 radical (unpaired) electrons. The largest absolute Gasteiger partial charge is 0.393 e. The summed E-state index contributed by atoms with van der Waals surface area (Å²) in [5.74, 6) is 2.06. The topological polar surface area (TPSA) is 72.8 Å². The van der Waals surface area contributed by atoms with Crippen LogP contribution in [0.3, 0.4) is 0 Å². The third kappa shape index (κ3) is 6.74. The highest BCUT2D eigenvalue weighted by atomic mass is 32.2. The zero-order chi connectivity index (χ0) is 23.2. The molecule has 0 aromatic heterocycles. The molecule has 7 atom stereocenters. The Morgan fingerprint density at radius 3 is 2.64 bits per heavy atom. The Morgan fingerprint density at radius 1 is 1.09 bits per heavy atom. The molecule has 33 heavy (non-hydrogen) atoms. The Labute approximate surface area is 203 Å². The van der Waals surface area contributed by atoms with Crippen molar-refractivity contribution in [3.05, 3.63) is 30.3 Å². The van der Waals surface area contributed by atoms with Gasteiger partial charge in [-0.25, -0.2) is 0 Å². The standard InChI is InChI=1S/C27H42N2O3S/c1-19-23(12-7-13-25(19)30)27(32)28-24(18-33-22-10-3-2-4-11-22)26(31)17-29-15-14-20-8-5-6-9-21(20)16-29/h2-4,10-11,19-21,23-26,30-31H,5-9,12-18H2,1H3,(H,28,32)/t19?,20?,21?,23?,24-,25?,26+/m0/s1. The number of nitrogens with one attached hydrogen (secondary N) is 1. The number of β-amino-alcohol motifs (C(OH)–C–C–N with tert-alkyl or cyclic N) is 1. The van der Waals surface area contributed by atoms with Crippen molar-refractivity contribution in [2.24, 2.45) is 23.7 Å². The Morgan fingerprint density at radius 2 is 1.85 bits per heavy atom. The molecule has 3 N–H and O–H groups in total. The average Bonchev–Trinajstić information content (AvgIpc) is 2.83. The second-order valence-electron chi connectivity index (χ2n) is 10.6. The second-order valence-corrected chi connectivity index (χ2v) is 11.7. The molecule has 1 amide bonds. The number of fused-ring (bicyclic) bond motifs is 1. The number of benzene rings is 1. The van der Waals surface area contributed by atoms with Crippen molar-refractivity contribution in [3.63, 3.8) is 0 Å². The molecular formula is C27H42N2O3S. The highest BCUT2D eigenvalue weighted by Crippen LogP contribution is 2.36. The van der Waals surface area contributed by atoms with Crippen molar-refractivity contribution in [2.75, 3.05) is 25.4 Å². The maximum absolute atomic E-state index is 13.2. The van der Waals surface area contributed by atoms with Gasteiger partial charge < -0.3 is 20.4 Å². The van der Waals surface area contributed by atoms with E-state index in [1.807, 2.05) is 25.1 Å². The van der Waals surface area contributed by atoms with E-state index >= 15 is 0 Å². The number of aliphatic hydroxyl groups excluding tert-OH is 2. The summed E-state index contributed by atoms with van der Waals surface area (Å²) in [6.07, 6.45) is 8.12. The molecule has 2 aliphatic carbocycles. The summed E-state index contributed by atoms with van der Waals surface area (Å²) in [5.41, 5.74) is 0. The molecule has 2 saturated carbocycles. The van der Waals surface area contributed by atoms with Crippen LogP contribution >= 0.6 is 11.8 Å². The van der Waals surface area contributed by atoms with Crippen LogP contribution in [0, 0.1) is 23.7 Å². The fourth-order valence-corrected chi connectivity index (χ4v) is 7.21. The lowest BCUT2D eigenvalue weighted by Crippen LogP contribution is -2.54. The third-order valence-corrected chi connectivity index (χ3v) is 9.51. The molecule has 4 rings (SSSR count). The van der Waals surface area contributed by atoms with E-state index in [1.165, 1.54) is 32.1 Å². The van der Waals surface area contributed by atoms with Gasteiger partial charge in [-0.05, 0) is 62.1 Å². The molecule has 0 bridgehead atoms. The lowest BCUT2D eigenvalue weighted by molar-refractivity contribution is -0.131. The van der Waals surface area contributed by atoms with Gasteiger partial charge in [0.05, 0.1) is 18.2 Å². The molecule has 6 heteroatoms. The van der Waals surface area contributed by atoms with Crippen LogP contribution in [0.2, 0.25) is 0 Å². The first kappa shape index (κ1) is 25.0. The Balaban J connectivity index is 1.38. The van der Waals surface area contributed by atoms with Crippen LogP contribution in [0.25, 0.3) is 0 Å². The predicted octanol–water partition coefficient (Wildman–Crippen LogP) is 3.93. The zero-order valence-corrected chi connectivity index (χ0v) is 20.9. The van der Waals surface area contributed by atoms with Gasteiger partial charge in [0.15, 0.2) is 0 Å². The quantitative estimate of drug-likeness (QED) is 0.498. The maximum Gasteiger partial charge on any atom is 0.223 e. The number of thioether (sulfide) groups is 1. The van der Waals surface area contributed by atoms with E-state index in [4.69, 9.17) is 0 Å².